The Morgan fingerprint density at radius 1 is 1.18 bits per heavy atom. The molecular formula is C23H24N2O3. The van der Waals surface area contributed by atoms with Gasteiger partial charge in [-0.3, -0.25) is 4.79 Å². The van der Waals surface area contributed by atoms with Gasteiger partial charge >= 0.3 is 0 Å². The maximum absolute atomic E-state index is 13.1. The molecule has 1 aromatic heterocycles. The summed E-state index contributed by atoms with van der Waals surface area (Å²) in [5.74, 6) is 0.990. The highest BCUT2D eigenvalue weighted by Crippen LogP contribution is 2.45. The zero-order valence-corrected chi connectivity index (χ0v) is 16.0. The van der Waals surface area contributed by atoms with Gasteiger partial charge in [0.2, 0.25) is 0 Å². The molecule has 144 valence electrons. The van der Waals surface area contributed by atoms with E-state index in [1.54, 1.807) is 7.11 Å². The van der Waals surface area contributed by atoms with Crippen molar-refractivity contribution in [1.29, 1.82) is 0 Å². The van der Waals surface area contributed by atoms with Crippen LogP contribution in [0.1, 0.15) is 34.3 Å². The van der Waals surface area contributed by atoms with Gasteiger partial charge in [0.15, 0.2) is 0 Å². The van der Waals surface area contributed by atoms with Crippen LogP contribution in [0.4, 0.5) is 0 Å². The van der Waals surface area contributed by atoms with E-state index < -0.39 is 0 Å². The average molecular weight is 376 g/mol. The lowest BCUT2D eigenvalue weighted by Gasteiger charge is -2.45. The second-order valence-electron chi connectivity index (χ2n) is 7.66. The van der Waals surface area contributed by atoms with E-state index in [0.29, 0.717) is 13.1 Å². The average Bonchev–Trinajstić information content (AvgIpc) is 3.21. The number of ether oxygens (including phenoxy) is 2. The summed E-state index contributed by atoms with van der Waals surface area (Å²) >= 11 is 0. The molecule has 1 N–H and O–H groups in total. The third kappa shape index (κ3) is 2.69. The fraction of sp³-hybridized carbons (Fsp3) is 0.348. The Kier molecular flexibility index (Phi) is 4.13. The monoisotopic (exact) mass is 376 g/mol. The number of hydrogen-bond acceptors (Lipinski definition) is 3. The lowest BCUT2D eigenvalue weighted by molar-refractivity contribution is -0.0946. The van der Waals surface area contributed by atoms with Crippen molar-refractivity contribution in [3.05, 3.63) is 65.4 Å². The molecule has 1 amide bonds. The number of methoxy groups -OCH3 is 1. The first-order chi connectivity index (χ1) is 13.7. The molecule has 0 unspecified atom stereocenters. The zero-order chi connectivity index (χ0) is 19.1. The molecule has 0 bridgehead atoms. The van der Waals surface area contributed by atoms with Crippen LogP contribution < -0.4 is 4.74 Å². The van der Waals surface area contributed by atoms with Crippen molar-refractivity contribution >= 4 is 16.8 Å². The fourth-order valence-corrected chi connectivity index (χ4v) is 4.73. The minimum atomic E-state index is -0.346. The van der Waals surface area contributed by atoms with Crippen molar-refractivity contribution in [3.63, 3.8) is 0 Å². The summed E-state index contributed by atoms with van der Waals surface area (Å²) in [7, 11) is 1.72. The number of rotatable bonds is 2. The molecule has 1 fully saturated rings. The van der Waals surface area contributed by atoms with Crippen LogP contribution in [0.2, 0.25) is 0 Å². The van der Waals surface area contributed by atoms with Crippen LogP contribution in [-0.4, -0.2) is 42.6 Å². The Balaban J connectivity index is 1.39. The third-order valence-corrected chi connectivity index (χ3v) is 6.20. The molecule has 1 spiro atoms. The standard InChI is InChI=1S/C23H24N2O3/c1-27-20-4-2-3-16-8-14-28-23(21(16)20)9-12-25(13-10-23)22(26)18-5-6-19-17(15-18)7-11-24-19/h2-7,11,15,24H,8-10,12-14H2,1H3. The van der Waals surface area contributed by atoms with Gasteiger partial charge < -0.3 is 19.4 Å². The Bertz CT molecular complexity index is 1020. The Hall–Kier alpha value is -2.79. The van der Waals surface area contributed by atoms with Crippen molar-refractivity contribution in [1.82, 2.24) is 9.88 Å². The summed E-state index contributed by atoms with van der Waals surface area (Å²) in [5.41, 5.74) is 3.94. The summed E-state index contributed by atoms with van der Waals surface area (Å²) in [5, 5.41) is 1.06. The number of benzene rings is 2. The van der Waals surface area contributed by atoms with Crippen molar-refractivity contribution in [2.24, 2.45) is 0 Å². The molecule has 0 aliphatic carbocycles. The molecule has 5 heteroatoms. The molecule has 0 atom stereocenters. The highest BCUT2D eigenvalue weighted by atomic mass is 16.5. The van der Waals surface area contributed by atoms with E-state index in [1.165, 1.54) is 11.1 Å². The number of piperidine rings is 1. The van der Waals surface area contributed by atoms with Crippen LogP contribution in [0.15, 0.2) is 48.7 Å². The Morgan fingerprint density at radius 2 is 2.04 bits per heavy atom. The second kappa shape index (κ2) is 6.67. The molecule has 1 saturated heterocycles. The van der Waals surface area contributed by atoms with Gasteiger partial charge in [0, 0.05) is 41.3 Å². The first-order valence-corrected chi connectivity index (χ1v) is 9.87. The number of carbonyl (C=O) groups excluding carboxylic acids is 1. The molecule has 0 radical (unpaired) electrons. The predicted octanol–water partition coefficient (Wildman–Crippen LogP) is 3.88. The lowest BCUT2D eigenvalue weighted by Crippen LogP contribution is -2.48. The zero-order valence-electron chi connectivity index (χ0n) is 16.0. The molecule has 5 rings (SSSR count). The third-order valence-electron chi connectivity index (χ3n) is 6.20. The fourth-order valence-electron chi connectivity index (χ4n) is 4.73. The number of H-pyrrole nitrogens is 1. The van der Waals surface area contributed by atoms with Crippen LogP contribution in [-0.2, 0) is 16.8 Å². The molecule has 5 nitrogen and oxygen atoms in total. The van der Waals surface area contributed by atoms with Gasteiger partial charge in [-0.1, -0.05) is 12.1 Å². The van der Waals surface area contributed by atoms with Gasteiger partial charge in [-0.25, -0.2) is 0 Å². The van der Waals surface area contributed by atoms with Gasteiger partial charge in [0.1, 0.15) is 11.4 Å². The maximum Gasteiger partial charge on any atom is 0.253 e. The molecule has 3 aromatic rings. The summed E-state index contributed by atoms with van der Waals surface area (Å²) in [6, 6.07) is 14.1. The molecule has 2 aliphatic rings. The van der Waals surface area contributed by atoms with Crippen LogP contribution in [0.25, 0.3) is 10.9 Å². The number of amides is 1. The second-order valence-corrected chi connectivity index (χ2v) is 7.66. The van der Waals surface area contributed by atoms with Crippen LogP contribution in [0.3, 0.4) is 0 Å². The molecular weight excluding hydrogens is 352 g/mol. The number of nitrogens with zero attached hydrogens (tertiary/aromatic N) is 1. The van der Waals surface area contributed by atoms with Gasteiger partial charge in [0.05, 0.1) is 13.7 Å². The van der Waals surface area contributed by atoms with Crippen molar-refractivity contribution in [2.45, 2.75) is 24.9 Å². The molecule has 28 heavy (non-hydrogen) atoms. The van der Waals surface area contributed by atoms with Crippen molar-refractivity contribution in [3.8, 4) is 5.75 Å². The molecule has 0 saturated carbocycles. The van der Waals surface area contributed by atoms with E-state index in [2.05, 4.69) is 11.1 Å². The number of likely N-dealkylation sites (tertiary alicyclic amines) is 1. The smallest absolute Gasteiger partial charge is 0.253 e. The summed E-state index contributed by atoms with van der Waals surface area (Å²) in [4.78, 5) is 18.2. The summed E-state index contributed by atoms with van der Waals surface area (Å²) in [6.07, 6.45) is 4.39. The minimum Gasteiger partial charge on any atom is -0.496 e. The van der Waals surface area contributed by atoms with Crippen LogP contribution in [0, 0.1) is 0 Å². The summed E-state index contributed by atoms with van der Waals surface area (Å²) in [6.45, 7) is 2.08. The Morgan fingerprint density at radius 3 is 2.86 bits per heavy atom. The first kappa shape index (κ1) is 17.3. The topological polar surface area (TPSA) is 54.6 Å². The quantitative estimate of drug-likeness (QED) is 0.738. The van der Waals surface area contributed by atoms with Gasteiger partial charge in [0.25, 0.3) is 5.91 Å². The van der Waals surface area contributed by atoms with E-state index in [1.807, 2.05) is 47.5 Å². The number of fused-ring (bicyclic) bond motifs is 3. The molecule has 3 heterocycles. The normalized spacial score (nSPS) is 18.2. The Labute approximate surface area is 164 Å². The van der Waals surface area contributed by atoms with Crippen LogP contribution in [0.5, 0.6) is 5.75 Å². The number of nitrogens with one attached hydrogen (secondary N) is 1. The molecule has 2 aliphatic heterocycles. The maximum atomic E-state index is 13.1. The SMILES string of the molecule is COc1cccc2c1C1(CCN(C(=O)c3ccc4[nH]ccc4c3)CC1)OCC2. The van der Waals surface area contributed by atoms with Gasteiger partial charge in [-0.05, 0) is 55.2 Å². The number of aromatic nitrogens is 1. The predicted molar refractivity (Wildman–Crippen MR) is 108 cm³/mol. The van der Waals surface area contributed by atoms with E-state index in [9.17, 15) is 4.79 Å². The van der Waals surface area contributed by atoms with Gasteiger partial charge in [-0.2, -0.15) is 0 Å². The largest absolute Gasteiger partial charge is 0.496 e. The highest BCUT2D eigenvalue weighted by molar-refractivity contribution is 5.98. The van der Waals surface area contributed by atoms with Crippen molar-refractivity contribution in [2.75, 3.05) is 26.8 Å². The van der Waals surface area contributed by atoms with Gasteiger partial charge in [-0.15, -0.1) is 0 Å². The molecule has 2 aromatic carbocycles. The van der Waals surface area contributed by atoms with E-state index in [4.69, 9.17) is 9.47 Å². The van der Waals surface area contributed by atoms with Crippen molar-refractivity contribution < 1.29 is 14.3 Å². The number of aromatic amines is 1. The summed E-state index contributed by atoms with van der Waals surface area (Å²) < 4.78 is 12.0. The first-order valence-electron chi connectivity index (χ1n) is 9.87. The van der Waals surface area contributed by atoms with E-state index >= 15 is 0 Å². The van der Waals surface area contributed by atoms with Crippen LogP contribution >= 0.6 is 0 Å². The van der Waals surface area contributed by atoms with E-state index in [0.717, 1.165) is 48.1 Å². The number of carbonyl (C=O) groups is 1. The number of hydrogen-bond donors (Lipinski definition) is 1. The minimum absolute atomic E-state index is 0.0917. The highest BCUT2D eigenvalue weighted by Gasteiger charge is 2.43. The lowest BCUT2D eigenvalue weighted by atomic mass is 9.78. The van der Waals surface area contributed by atoms with E-state index in [-0.39, 0.29) is 11.5 Å².